The molecule has 2 heterocycles. The minimum Gasteiger partial charge on any atom is -0.339 e. The summed E-state index contributed by atoms with van der Waals surface area (Å²) in [5, 5.41) is 2.01. The lowest BCUT2D eigenvalue weighted by Crippen LogP contribution is -2.56. The second kappa shape index (κ2) is 9.20. The molecule has 5 fully saturated rings. The predicted molar refractivity (Wildman–Crippen MR) is 123 cm³/mol. The Labute approximate surface area is 192 Å². The first kappa shape index (κ1) is 22.6. The second-order valence-corrected chi connectivity index (χ2v) is 11.2. The minimum atomic E-state index is -0.593. The fraction of sp³-hybridized carbons (Fsp3) is 0.917. The number of carbonyl (C=O) groups is 2. The van der Waals surface area contributed by atoms with E-state index in [4.69, 9.17) is 5.73 Å². The molecule has 1 unspecified atom stereocenters. The number of hydrogen-bond donors (Lipinski definition) is 3. The highest BCUT2D eigenvalue weighted by Gasteiger charge is 2.48. The molecule has 5 aliphatic rings. The van der Waals surface area contributed by atoms with E-state index < -0.39 is 5.54 Å². The molecule has 2 aliphatic heterocycles. The molecular formula is C24H42N6O2. The maximum atomic E-state index is 13.1. The average molecular weight is 447 g/mol. The molecule has 1 atom stereocenters. The van der Waals surface area contributed by atoms with Crippen LogP contribution in [-0.4, -0.2) is 78.1 Å². The number of piperazine rings is 1. The van der Waals surface area contributed by atoms with E-state index in [9.17, 15) is 9.59 Å². The molecule has 3 aliphatic carbocycles. The Morgan fingerprint density at radius 2 is 1.34 bits per heavy atom. The number of rotatable bonds is 4. The van der Waals surface area contributed by atoms with E-state index >= 15 is 0 Å². The van der Waals surface area contributed by atoms with Crippen molar-refractivity contribution < 1.29 is 9.59 Å². The van der Waals surface area contributed by atoms with Gasteiger partial charge in [0.15, 0.2) is 0 Å². The van der Waals surface area contributed by atoms with Gasteiger partial charge in [-0.2, -0.15) is 5.12 Å². The Morgan fingerprint density at radius 1 is 0.812 bits per heavy atom. The summed E-state index contributed by atoms with van der Waals surface area (Å²) < 4.78 is 0. The first-order valence-corrected chi connectivity index (χ1v) is 13.0. The van der Waals surface area contributed by atoms with Crippen molar-refractivity contribution in [2.75, 3.05) is 39.8 Å². The van der Waals surface area contributed by atoms with E-state index in [1.165, 1.54) is 38.5 Å². The molecule has 32 heavy (non-hydrogen) atoms. The molecule has 0 aromatic heterocycles. The van der Waals surface area contributed by atoms with E-state index in [-0.39, 0.29) is 11.8 Å². The number of hydrogen-bond acceptors (Lipinski definition) is 6. The Hall–Kier alpha value is -1.22. The van der Waals surface area contributed by atoms with Crippen molar-refractivity contribution in [2.24, 2.45) is 29.4 Å². The summed E-state index contributed by atoms with van der Waals surface area (Å²) in [4.78, 5) is 29.4. The van der Waals surface area contributed by atoms with Gasteiger partial charge >= 0.3 is 0 Å². The molecular weight excluding hydrogens is 404 g/mol. The average Bonchev–Trinajstić information content (AvgIpc) is 3.44. The van der Waals surface area contributed by atoms with Crippen molar-refractivity contribution in [3.8, 4) is 0 Å². The topological polar surface area (TPSA) is 93.9 Å². The molecule has 0 radical (unpaired) electrons. The smallest absolute Gasteiger partial charge is 0.242 e. The maximum absolute atomic E-state index is 13.1. The van der Waals surface area contributed by atoms with Gasteiger partial charge < -0.3 is 15.5 Å². The first-order chi connectivity index (χ1) is 15.4. The van der Waals surface area contributed by atoms with Crippen LogP contribution in [0.1, 0.15) is 64.2 Å². The van der Waals surface area contributed by atoms with Crippen LogP contribution in [0.2, 0.25) is 0 Å². The highest BCUT2D eigenvalue weighted by molar-refractivity contribution is 5.89. The lowest BCUT2D eigenvalue weighted by atomic mass is 9.68. The molecule has 0 aromatic carbocycles. The summed E-state index contributed by atoms with van der Waals surface area (Å²) in [6.07, 6.45) is 11.5. The first-order valence-electron chi connectivity index (χ1n) is 13.0. The highest BCUT2D eigenvalue weighted by Crippen LogP contribution is 2.42. The van der Waals surface area contributed by atoms with Gasteiger partial charge in [0, 0.05) is 51.7 Å². The summed E-state index contributed by atoms with van der Waals surface area (Å²) in [7, 11) is 2.05. The van der Waals surface area contributed by atoms with Gasteiger partial charge in [0.05, 0.1) is 5.54 Å². The van der Waals surface area contributed by atoms with E-state index in [0.29, 0.717) is 38.1 Å². The zero-order valence-electron chi connectivity index (χ0n) is 19.7. The van der Waals surface area contributed by atoms with Gasteiger partial charge in [0.1, 0.15) is 0 Å². The highest BCUT2D eigenvalue weighted by atomic mass is 16.2. The Morgan fingerprint density at radius 3 is 1.88 bits per heavy atom. The largest absolute Gasteiger partial charge is 0.339 e. The van der Waals surface area contributed by atoms with Crippen LogP contribution in [-0.2, 0) is 9.59 Å². The lowest BCUT2D eigenvalue weighted by molar-refractivity contribution is -0.144. The molecule has 2 amide bonds. The standard InChI is InChI=1S/C24H42N6O2/c1-28-26-16-21(27-28)19-6-2-17(3-7-19)18-4-8-20(9-5-18)22(31)29-12-14-30(15-13-29)23(32)24(25)10-11-24/h17-21,26-27H,2-16,25H2,1H3. The monoisotopic (exact) mass is 446 g/mol. The number of nitrogens with zero attached hydrogens (tertiary/aromatic N) is 3. The molecule has 0 bridgehead atoms. The predicted octanol–water partition coefficient (Wildman–Crippen LogP) is 1.08. The minimum absolute atomic E-state index is 0.0897. The number of nitrogens with one attached hydrogen (secondary N) is 2. The SMILES string of the molecule is CN1NCC(C2CCC(C3CCC(C(=O)N4CCN(C(=O)C5(N)CC5)CC4)CC3)CC2)N1. The summed E-state index contributed by atoms with van der Waals surface area (Å²) >= 11 is 0. The number of carbonyl (C=O) groups excluding carboxylic acids is 2. The van der Waals surface area contributed by atoms with Crippen molar-refractivity contribution >= 4 is 11.8 Å². The van der Waals surface area contributed by atoms with Crippen molar-refractivity contribution in [2.45, 2.75) is 75.8 Å². The lowest BCUT2D eigenvalue weighted by Gasteiger charge is -2.41. The van der Waals surface area contributed by atoms with Gasteiger partial charge in [-0.15, -0.1) is 0 Å². The van der Waals surface area contributed by atoms with Crippen LogP contribution < -0.4 is 16.6 Å². The molecule has 8 nitrogen and oxygen atoms in total. The summed E-state index contributed by atoms with van der Waals surface area (Å²) in [6, 6.07) is 0.588. The fourth-order valence-electron chi connectivity index (χ4n) is 6.76. The number of hydrazine groups is 2. The molecule has 0 aromatic rings. The van der Waals surface area contributed by atoms with Gasteiger partial charge in [-0.25, -0.2) is 10.9 Å². The van der Waals surface area contributed by atoms with Gasteiger partial charge in [-0.05, 0) is 82.0 Å². The van der Waals surface area contributed by atoms with Crippen LogP contribution in [0, 0.1) is 23.7 Å². The molecule has 4 N–H and O–H groups in total. The van der Waals surface area contributed by atoms with Gasteiger partial charge in [0.25, 0.3) is 0 Å². The number of amides is 2. The molecule has 2 saturated heterocycles. The third-order valence-electron chi connectivity index (χ3n) is 9.17. The van der Waals surface area contributed by atoms with Crippen LogP contribution >= 0.6 is 0 Å². The van der Waals surface area contributed by atoms with Crippen molar-refractivity contribution in [1.29, 1.82) is 0 Å². The Kier molecular flexibility index (Phi) is 6.49. The summed E-state index contributed by atoms with van der Waals surface area (Å²) in [5.74, 6) is 3.07. The Balaban J connectivity index is 1.03. The normalized spacial score (nSPS) is 38.0. The van der Waals surface area contributed by atoms with Crippen molar-refractivity contribution in [3.63, 3.8) is 0 Å². The van der Waals surface area contributed by atoms with Crippen LogP contribution in [0.3, 0.4) is 0 Å². The third-order valence-corrected chi connectivity index (χ3v) is 9.17. The quantitative estimate of drug-likeness (QED) is 0.598. The third kappa shape index (κ3) is 4.69. The summed E-state index contributed by atoms with van der Waals surface area (Å²) in [5.41, 5.74) is 12.4. The van der Waals surface area contributed by atoms with Crippen LogP contribution in [0.4, 0.5) is 0 Å². The van der Waals surface area contributed by atoms with E-state index in [1.807, 2.05) is 22.0 Å². The summed E-state index contributed by atoms with van der Waals surface area (Å²) in [6.45, 7) is 3.68. The van der Waals surface area contributed by atoms with Crippen molar-refractivity contribution in [3.05, 3.63) is 0 Å². The van der Waals surface area contributed by atoms with E-state index in [2.05, 4.69) is 10.9 Å². The number of nitrogens with two attached hydrogens (primary N) is 1. The maximum Gasteiger partial charge on any atom is 0.242 e. The zero-order chi connectivity index (χ0) is 22.3. The van der Waals surface area contributed by atoms with Crippen LogP contribution in [0.15, 0.2) is 0 Å². The Bertz CT molecular complexity index is 689. The van der Waals surface area contributed by atoms with Gasteiger partial charge in [-0.3, -0.25) is 9.59 Å². The van der Waals surface area contributed by atoms with Crippen LogP contribution in [0.25, 0.3) is 0 Å². The molecule has 5 rings (SSSR count). The molecule has 180 valence electrons. The van der Waals surface area contributed by atoms with E-state index in [0.717, 1.165) is 50.0 Å². The fourth-order valence-corrected chi connectivity index (χ4v) is 6.76. The van der Waals surface area contributed by atoms with Crippen LogP contribution in [0.5, 0.6) is 0 Å². The van der Waals surface area contributed by atoms with Gasteiger partial charge in [0.2, 0.25) is 11.8 Å². The molecule has 8 heteroatoms. The molecule has 3 saturated carbocycles. The van der Waals surface area contributed by atoms with E-state index in [1.54, 1.807) is 0 Å². The van der Waals surface area contributed by atoms with Gasteiger partial charge in [-0.1, -0.05) is 0 Å². The zero-order valence-corrected chi connectivity index (χ0v) is 19.7. The second-order valence-electron chi connectivity index (χ2n) is 11.2. The van der Waals surface area contributed by atoms with Crippen molar-refractivity contribution in [1.82, 2.24) is 25.8 Å². The molecule has 0 spiro atoms.